The van der Waals surface area contributed by atoms with Crippen molar-refractivity contribution in [3.05, 3.63) is 77.4 Å². The van der Waals surface area contributed by atoms with Crippen molar-refractivity contribution < 1.29 is 9.59 Å². The third kappa shape index (κ3) is 6.01. The van der Waals surface area contributed by atoms with Gasteiger partial charge in [-0.05, 0) is 60.4 Å². The molecule has 1 saturated heterocycles. The quantitative estimate of drug-likeness (QED) is 0.564. The molecular formula is C28H34N4O2. The van der Waals surface area contributed by atoms with Crippen LogP contribution in [0.15, 0.2) is 60.7 Å². The van der Waals surface area contributed by atoms with Gasteiger partial charge in [0.05, 0.1) is 19.1 Å². The minimum Gasteiger partial charge on any atom is -0.348 e. The Kier molecular flexibility index (Phi) is 7.60. The van der Waals surface area contributed by atoms with Gasteiger partial charge >= 0.3 is 0 Å². The first-order valence-corrected chi connectivity index (χ1v) is 12.0. The second kappa shape index (κ2) is 10.8. The summed E-state index contributed by atoms with van der Waals surface area (Å²) in [6.45, 7) is 9.92. The highest BCUT2D eigenvalue weighted by molar-refractivity contribution is 5.93. The molecule has 0 aliphatic carbocycles. The minimum absolute atomic E-state index is 0.00380. The van der Waals surface area contributed by atoms with Crippen molar-refractivity contribution in [2.24, 2.45) is 0 Å². The Labute approximate surface area is 201 Å². The first kappa shape index (κ1) is 23.9. The molecule has 0 radical (unpaired) electrons. The molecule has 0 bridgehead atoms. The summed E-state index contributed by atoms with van der Waals surface area (Å²) in [5.41, 5.74) is 4.25. The Bertz CT molecular complexity index is 1170. The van der Waals surface area contributed by atoms with Gasteiger partial charge < -0.3 is 10.6 Å². The van der Waals surface area contributed by atoms with Crippen LogP contribution in [-0.2, 0) is 9.59 Å². The normalized spacial score (nSPS) is 15.7. The second-order valence-corrected chi connectivity index (χ2v) is 9.24. The van der Waals surface area contributed by atoms with Crippen molar-refractivity contribution in [1.29, 1.82) is 0 Å². The van der Waals surface area contributed by atoms with Crippen molar-refractivity contribution in [3.8, 4) is 0 Å². The number of carbonyl (C=O) groups is 2. The van der Waals surface area contributed by atoms with E-state index in [4.69, 9.17) is 0 Å². The highest BCUT2D eigenvalue weighted by Gasteiger charge is 2.21. The molecule has 178 valence electrons. The lowest BCUT2D eigenvalue weighted by molar-refractivity contribution is -0.124. The zero-order chi connectivity index (χ0) is 24.1. The number of benzene rings is 3. The van der Waals surface area contributed by atoms with E-state index in [0.717, 1.165) is 43.0 Å². The third-order valence-corrected chi connectivity index (χ3v) is 6.73. The molecule has 6 heteroatoms. The first-order valence-electron chi connectivity index (χ1n) is 12.0. The van der Waals surface area contributed by atoms with Crippen molar-refractivity contribution in [3.63, 3.8) is 0 Å². The lowest BCUT2D eigenvalue weighted by Gasteiger charge is -2.34. The van der Waals surface area contributed by atoms with Gasteiger partial charge in [0, 0.05) is 31.9 Å². The molecule has 1 unspecified atom stereocenters. The fourth-order valence-electron chi connectivity index (χ4n) is 4.44. The maximum absolute atomic E-state index is 12.6. The largest absolute Gasteiger partial charge is 0.348 e. The lowest BCUT2D eigenvalue weighted by Crippen LogP contribution is -2.51. The number of hydrogen-bond donors (Lipinski definition) is 2. The molecule has 1 fully saturated rings. The van der Waals surface area contributed by atoms with Gasteiger partial charge in [0.15, 0.2) is 0 Å². The van der Waals surface area contributed by atoms with Gasteiger partial charge in [0.1, 0.15) is 0 Å². The van der Waals surface area contributed by atoms with Gasteiger partial charge in [0.25, 0.3) is 0 Å². The summed E-state index contributed by atoms with van der Waals surface area (Å²) in [6.07, 6.45) is 0. The number of anilines is 1. The molecule has 3 aromatic carbocycles. The van der Waals surface area contributed by atoms with Crippen LogP contribution in [0, 0.1) is 13.8 Å². The lowest BCUT2D eigenvalue weighted by atomic mass is 10.0. The highest BCUT2D eigenvalue weighted by atomic mass is 16.2. The summed E-state index contributed by atoms with van der Waals surface area (Å²) < 4.78 is 0. The van der Waals surface area contributed by atoms with Crippen molar-refractivity contribution in [2.75, 3.05) is 44.6 Å². The van der Waals surface area contributed by atoms with E-state index in [0.29, 0.717) is 13.1 Å². The minimum atomic E-state index is -0.0489. The van der Waals surface area contributed by atoms with E-state index >= 15 is 0 Å². The van der Waals surface area contributed by atoms with Crippen LogP contribution >= 0.6 is 0 Å². The molecule has 1 aliphatic heterocycles. The molecule has 3 aromatic rings. The molecule has 0 spiro atoms. The number of piperazine rings is 1. The summed E-state index contributed by atoms with van der Waals surface area (Å²) in [4.78, 5) is 29.5. The topological polar surface area (TPSA) is 64.7 Å². The molecule has 2 amide bonds. The molecule has 1 heterocycles. The Morgan fingerprint density at radius 3 is 2.18 bits per heavy atom. The third-order valence-electron chi connectivity index (χ3n) is 6.73. The van der Waals surface area contributed by atoms with E-state index in [1.807, 2.05) is 51.1 Å². The van der Waals surface area contributed by atoms with E-state index < -0.39 is 0 Å². The van der Waals surface area contributed by atoms with E-state index in [1.54, 1.807) is 0 Å². The monoisotopic (exact) mass is 458 g/mol. The van der Waals surface area contributed by atoms with Crippen LogP contribution in [0.5, 0.6) is 0 Å². The SMILES string of the molecule is Cc1cccc(NC(=O)CN2CCN(CC(=O)NC(C)c3ccc4ccccc4c3)CC2)c1C. The molecular weight excluding hydrogens is 424 g/mol. The molecule has 34 heavy (non-hydrogen) atoms. The van der Waals surface area contributed by atoms with E-state index in [1.165, 1.54) is 16.3 Å². The predicted octanol–water partition coefficient (Wildman–Crippen LogP) is 3.89. The Balaban J connectivity index is 1.21. The van der Waals surface area contributed by atoms with E-state index in [9.17, 15) is 9.59 Å². The second-order valence-electron chi connectivity index (χ2n) is 9.24. The van der Waals surface area contributed by atoms with Gasteiger partial charge in [-0.25, -0.2) is 0 Å². The molecule has 0 aromatic heterocycles. The van der Waals surface area contributed by atoms with Crippen LogP contribution in [0.3, 0.4) is 0 Å². The van der Waals surface area contributed by atoms with Crippen molar-refractivity contribution in [1.82, 2.24) is 15.1 Å². The number of rotatable bonds is 7. The summed E-state index contributed by atoms with van der Waals surface area (Å²) >= 11 is 0. The number of aryl methyl sites for hydroxylation is 1. The van der Waals surface area contributed by atoms with Gasteiger partial charge in [-0.1, -0.05) is 48.5 Å². The molecule has 2 N–H and O–H groups in total. The molecule has 6 nitrogen and oxygen atoms in total. The average molecular weight is 459 g/mol. The number of amides is 2. The number of carbonyl (C=O) groups excluding carboxylic acids is 2. The van der Waals surface area contributed by atoms with Crippen LogP contribution in [0.25, 0.3) is 10.8 Å². The first-order chi connectivity index (χ1) is 16.4. The Morgan fingerprint density at radius 1 is 0.824 bits per heavy atom. The number of nitrogens with one attached hydrogen (secondary N) is 2. The maximum Gasteiger partial charge on any atom is 0.238 e. The summed E-state index contributed by atoms with van der Waals surface area (Å²) in [7, 11) is 0. The van der Waals surface area contributed by atoms with Crippen molar-refractivity contribution >= 4 is 28.3 Å². The summed E-state index contributed by atoms with van der Waals surface area (Å²) in [6, 6.07) is 20.5. The van der Waals surface area contributed by atoms with Crippen molar-refractivity contribution in [2.45, 2.75) is 26.8 Å². The Hall–Kier alpha value is -3.22. The summed E-state index contributed by atoms with van der Waals surface area (Å²) in [5, 5.41) is 8.54. The molecule has 1 aliphatic rings. The van der Waals surface area contributed by atoms with Gasteiger partial charge in [-0.3, -0.25) is 19.4 Å². The zero-order valence-electron chi connectivity index (χ0n) is 20.3. The van der Waals surface area contributed by atoms with Crippen LogP contribution in [-0.4, -0.2) is 60.9 Å². The number of fused-ring (bicyclic) bond motifs is 1. The van der Waals surface area contributed by atoms with Gasteiger partial charge in [0.2, 0.25) is 11.8 Å². The zero-order valence-corrected chi connectivity index (χ0v) is 20.3. The maximum atomic E-state index is 12.6. The van der Waals surface area contributed by atoms with Crippen LogP contribution in [0.2, 0.25) is 0 Å². The molecule has 0 saturated carbocycles. The van der Waals surface area contributed by atoms with Gasteiger partial charge in [-0.2, -0.15) is 0 Å². The average Bonchev–Trinajstić information content (AvgIpc) is 2.83. The number of nitrogens with zero attached hydrogens (tertiary/aromatic N) is 2. The fourth-order valence-corrected chi connectivity index (χ4v) is 4.44. The fraction of sp³-hybridized carbons (Fsp3) is 0.357. The standard InChI is InChI=1S/C28H34N4O2/c1-20-7-6-10-26(21(20)2)30-28(34)19-32-15-13-31(14-16-32)18-27(33)29-22(3)24-12-11-23-8-4-5-9-25(23)17-24/h4-12,17,22H,13-16,18-19H2,1-3H3,(H,29,33)(H,30,34). The van der Waals surface area contributed by atoms with Crippen LogP contribution in [0.4, 0.5) is 5.69 Å². The molecule has 1 atom stereocenters. The van der Waals surface area contributed by atoms with Gasteiger partial charge in [-0.15, -0.1) is 0 Å². The van der Waals surface area contributed by atoms with E-state index in [2.05, 4.69) is 50.8 Å². The summed E-state index contributed by atoms with van der Waals surface area (Å²) in [5.74, 6) is 0.0332. The van der Waals surface area contributed by atoms with Crippen LogP contribution < -0.4 is 10.6 Å². The molecule has 4 rings (SSSR count). The number of hydrogen-bond acceptors (Lipinski definition) is 4. The predicted molar refractivity (Wildman–Crippen MR) is 138 cm³/mol. The van der Waals surface area contributed by atoms with E-state index in [-0.39, 0.29) is 17.9 Å². The van der Waals surface area contributed by atoms with Crippen LogP contribution in [0.1, 0.15) is 29.7 Å². The highest BCUT2D eigenvalue weighted by Crippen LogP contribution is 2.20. The Morgan fingerprint density at radius 2 is 1.47 bits per heavy atom. The smallest absolute Gasteiger partial charge is 0.238 e.